The summed E-state index contributed by atoms with van der Waals surface area (Å²) >= 11 is 0. The fourth-order valence-corrected chi connectivity index (χ4v) is 20.8. The van der Waals surface area contributed by atoms with Gasteiger partial charge in [-0.3, -0.25) is 0 Å². The quantitative estimate of drug-likeness (QED) is 0.156. The molecule has 1 fully saturated rings. The Kier molecular flexibility index (Phi) is 13.5. The molecule has 0 aromatic heterocycles. The van der Waals surface area contributed by atoms with Crippen molar-refractivity contribution in [3.05, 3.63) is 0 Å². The molecule has 1 heterocycles. The fraction of sp³-hybridized carbons (Fsp3) is 1.00. The summed E-state index contributed by atoms with van der Waals surface area (Å²) in [4.78, 5) is 0. The van der Waals surface area contributed by atoms with E-state index in [2.05, 4.69) is 23.7 Å². The molecule has 1 rings (SSSR count). The summed E-state index contributed by atoms with van der Waals surface area (Å²) in [6, 6.07) is 0. The van der Waals surface area contributed by atoms with Crippen molar-refractivity contribution in [3.63, 3.8) is 0 Å². The molecule has 0 amide bonds. The third-order valence-corrected chi connectivity index (χ3v) is 20.7. The minimum atomic E-state index is -3.25. The van der Waals surface area contributed by atoms with E-state index < -0.39 is 25.2 Å². The number of rotatable bonds is 18. The molecule has 6 N–H and O–H groups in total. The summed E-state index contributed by atoms with van der Waals surface area (Å²) in [6.45, 7) is 9.95. The highest BCUT2D eigenvalue weighted by Gasteiger charge is 2.75. The van der Waals surface area contributed by atoms with Crippen LogP contribution in [0, 0.1) is 0 Å². The van der Waals surface area contributed by atoms with Crippen LogP contribution >= 0.6 is 0 Å². The van der Waals surface area contributed by atoms with Gasteiger partial charge in [0.05, 0.1) is 0 Å². The van der Waals surface area contributed by atoms with Gasteiger partial charge in [-0.05, 0) is 51.9 Å². The lowest BCUT2D eigenvalue weighted by Crippen LogP contribution is -2.62. The SMILES string of the molecule is CO[Si]1(OCCCCNCCN)O[Si](C)(C)[Si](OC)(OCCCCNCCN)O1. The highest BCUT2D eigenvalue weighted by molar-refractivity contribution is 7.35. The normalized spacial score (nSPS) is 26.3. The topological polar surface area (TPSA) is 131 Å². The number of hydrogen-bond acceptors (Lipinski definition) is 10. The zero-order chi connectivity index (χ0) is 21.6. The molecule has 2 atom stereocenters. The Hall–Kier alpha value is 0.251. The van der Waals surface area contributed by atoms with Crippen molar-refractivity contribution in [1.82, 2.24) is 10.6 Å². The lowest BCUT2D eigenvalue weighted by Gasteiger charge is -2.30. The van der Waals surface area contributed by atoms with Gasteiger partial charge in [0, 0.05) is 53.6 Å². The van der Waals surface area contributed by atoms with Crippen LogP contribution in [0.2, 0.25) is 13.1 Å². The van der Waals surface area contributed by atoms with Crippen LogP contribution in [0.25, 0.3) is 0 Å². The van der Waals surface area contributed by atoms with Crippen LogP contribution in [0.4, 0.5) is 0 Å². The zero-order valence-electron chi connectivity index (χ0n) is 18.6. The largest absolute Gasteiger partial charge is 0.661 e. The molecule has 0 bridgehead atoms. The van der Waals surface area contributed by atoms with Crippen LogP contribution in [0.3, 0.4) is 0 Å². The van der Waals surface area contributed by atoms with E-state index in [9.17, 15) is 0 Å². The van der Waals surface area contributed by atoms with Crippen molar-refractivity contribution in [2.75, 3.05) is 66.7 Å². The Morgan fingerprint density at radius 3 is 1.76 bits per heavy atom. The smallest absolute Gasteiger partial charge is 0.388 e. The second kappa shape index (κ2) is 14.3. The Labute approximate surface area is 179 Å². The highest BCUT2D eigenvalue weighted by atomic mass is 29.3. The first kappa shape index (κ1) is 27.3. The summed E-state index contributed by atoms with van der Waals surface area (Å²) < 4.78 is 36.3. The van der Waals surface area contributed by atoms with E-state index >= 15 is 0 Å². The average molecular weight is 471 g/mol. The maximum Gasteiger partial charge on any atom is 0.661 e. The molecule has 0 aromatic carbocycles. The Morgan fingerprint density at radius 2 is 1.28 bits per heavy atom. The summed E-state index contributed by atoms with van der Waals surface area (Å²) in [7, 11) is -5.45. The van der Waals surface area contributed by atoms with E-state index in [-0.39, 0.29) is 0 Å². The predicted molar refractivity (Wildman–Crippen MR) is 119 cm³/mol. The van der Waals surface area contributed by atoms with Crippen molar-refractivity contribution in [2.24, 2.45) is 11.5 Å². The summed E-state index contributed by atoms with van der Waals surface area (Å²) in [5, 5.41) is 6.55. The third-order valence-electron chi connectivity index (χ3n) is 4.60. The first-order valence-corrected chi connectivity index (χ1v) is 17.8. The van der Waals surface area contributed by atoms with Crippen molar-refractivity contribution in [2.45, 2.75) is 38.8 Å². The van der Waals surface area contributed by atoms with Crippen molar-refractivity contribution < 1.29 is 25.9 Å². The van der Waals surface area contributed by atoms with Gasteiger partial charge in [-0.1, -0.05) is 0 Å². The monoisotopic (exact) mass is 470 g/mol. The fourth-order valence-electron chi connectivity index (χ4n) is 3.00. The first-order valence-electron chi connectivity index (χ1n) is 10.5. The van der Waals surface area contributed by atoms with E-state index in [4.69, 9.17) is 37.4 Å². The number of nitrogens with one attached hydrogen (secondary N) is 2. The van der Waals surface area contributed by atoms with Gasteiger partial charge in [0.15, 0.2) is 0 Å². The van der Waals surface area contributed by atoms with Crippen LogP contribution in [0.1, 0.15) is 25.7 Å². The van der Waals surface area contributed by atoms with Crippen LogP contribution < -0.4 is 22.1 Å². The molecule has 13 heteroatoms. The molecular formula is C16H42N4O6Si3. The molecule has 0 radical (unpaired) electrons. The minimum absolute atomic E-state index is 0.510. The minimum Gasteiger partial charge on any atom is -0.388 e. The van der Waals surface area contributed by atoms with Crippen LogP contribution in [0.15, 0.2) is 0 Å². The summed E-state index contributed by atoms with van der Waals surface area (Å²) in [5.41, 5.74) is 10.9. The molecule has 1 saturated heterocycles. The molecule has 2 unspecified atom stereocenters. The van der Waals surface area contributed by atoms with Crippen LogP contribution in [0.5, 0.6) is 0 Å². The van der Waals surface area contributed by atoms with Gasteiger partial charge in [0.1, 0.15) is 0 Å². The molecule has 0 spiro atoms. The number of hydrogen-bond donors (Lipinski definition) is 4. The van der Waals surface area contributed by atoms with Crippen LogP contribution in [-0.2, 0) is 25.9 Å². The number of nitrogens with two attached hydrogens (primary N) is 2. The molecule has 0 aromatic rings. The standard InChI is InChI=1S/C16H42N4O6Si3/c1-21-28(23-15-7-5-11-19-13-9-17)25-27(3,4)29(22-2,26-28)24-16-8-6-12-20-14-10-18/h19-20H,5-18H2,1-4H3. The van der Waals surface area contributed by atoms with Crippen molar-refractivity contribution in [3.8, 4) is 0 Å². The maximum absolute atomic E-state index is 6.31. The van der Waals surface area contributed by atoms with Gasteiger partial charge >= 0.3 is 17.4 Å². The second-order valence-electron chi connectivity index (χ2n) is 7.37. The van der Waals surface area contributed by atoms with E-state index in [1.807, 2.05) is 0 Å². The molecule has 29 heavy (non-hydrogen) atoms. The summed E-state index contributed by atoms with van der Waals surface area (Å²) in [5.74, 6) is 0. The van der Waals surface area contributed by atoms with Gasteiger partial charge in [0.25, 0.3) is 7.83 Å². The van der Waals surface area contributed by atoms with Gasteiger partial charge in [-0.25, -0.2) is 0 Å². The second-order valence-corrected chi connectivity index (χ2v) is 21.0. The Balaban J connectivity index is 2.50. The summed E-state index contributed by atoms with van der Waals surface area (Å²) in [6.07, 6.45) is 3.76. The predicted octanol–water partition coefficient (Wildman–Crippen LogP) is -0.326. The molecule has 10 nitrogen and oxygen atoms in total. The molecular weight excluding hydrogens is 428 g/mol. The molecule has 174 valence electrons. The van der Waals surface area contributed by atoms with Gasteiger partial charge in [0.2, 0.25) is 0 Å². The van der Waals surface area contributed by atoms with E-state index in [1.54, 1.807) is 14.2 Å². The lowest BCUT2D eigenvalue weighted by molar-refractivity contribution is 0.0434. The zero-order valence-corrected chi connectivity index (χ0v) is 21.6. The molecule has 1 aliphatic rings. The first-order chi connectivity index (χ1) is 13.9. The van der Waals surface area contributed by atoms with Gasteiger partial charge in [-0.15, -0.1) is 0 Å². The van der Waals surface area contributed by atoms with Gasteiger partial charge < -0.3 is 48.0 Å². The maximum atomic E-state index is 6.31. The highest BCUT2D eigenvalue weighted by Crippen LogP contribution is 2.38. The lowest BCUT2D eigenvalue weighted by atomic mass is 10.3. The average Bonchev–Trinajstić information content (AvgIpc) is 2.94. The van der Waals surface area contributed by atoms with Crippen molar-refractivity contribution >= 4 is 25.2 Å². The van der Waals surface area contributed by atoms with Crippen LogP contribution in [-0.4, -0.2) is 91.9 Å². The molecule has 1 aliphatic heterocycles. The Bertz CT molecular complexity index is 443. The Morgan fingerprint density at radius 1 is 0.724 bits per heavy atom. The van der Waals surface area contributed by atoms with E-state index in [1.165, 1.54) is 0 Å². The van der Waals surface area contributed by atoms with E-state index in [0.717, 1.165) is 51.9 Å². The molecule has 0 saturated carbocycles. The number of unbranched alkanes of at least 4 members (excludes halogenated alkanes) is 2. The third kappa shape index (κ3) is 8.72. The van der Waals surface area contributed by atoms with Crippen molar-refractivity contribution in [1.29, 1.82) is 0 Å². The van der Waals surface area contributed by atoms with Gasteiger partial charge in [-0.2, -0.15) is 0 Å². The van der Waals surface area contributed by atoms with E-state index in [0.29, 0.717) is 26.3 Å². The molecule has 0 aliphatic carbocycles.